The molecule has 0 bridgehead atoms. The zero-order chi connectivity index (χ0) is 17.9. The minimum atomic E-state index is -4.53. The molecule has 126 valence electrons. The van der Waals surface area contributed by atoms with Crippen LogP contribution in [-0.2, 0) is 6.18 Å². The Morgan fingerprint density at radius 1 is 1.29 bits per heavy atom. The van der Waals surface area contributed by atoms with Gasteiger partial charge in [-0.3, -0.25) is 4.79 Å². The molecule has 2 aromatic carbocycles. The van der Waals surface area contributed by atoms with Crippen LogP contribution in [0.1, 0.15) is 27.0 Å². The number of aryl methyl sites for hydroxylation is 1. The first kappa shape index (κ1) is 18.0. The molecular formula is C16H12BrF3N2O2. The summed E-state index contributed by atoms with van der Waals surface area (Å²) in [6.07, 6.45) is -3.32. The Balaban J connectivity index is 2.14. The first-order valence-electron chi connectivity index (χ1n) is 6.68. The molecule has 0 radical (unpaired) electrons. The van der Waals surface area contributed by atoms with Crippen molar-refractivity contribution in [3.8, 4) is 5.75 Å². The van der Waals surface area contributed by atoms with Gasteiger partial charge in [0.15, 0.2) is 0 Å². The van der Waals surface area contributed by atoms with E-state index in [4.69, 9.17) is 0 Å². The monoisotopic (exact) mass is 400 g/mol. The van der Waals surface area contributed by atoms with E-state index in [1.165, 1.54) is 12.3 Å². The van der Waals surface area contributed by atoms with Gasteiger partial charge in [0.05, 0.1) is 11.8 Å². The molecule has 0 fully saturated rings. The highest BCUT2D eigenvalue weighted by atomic mass is 79.9. The number of hydrogen-bond donors (Lipinski definition) is 2. The zero-order valence-corrected chi connectivity index (χ0v) is 13.9. The van der Waals surface area contributed by atoms with Gasteiger partial charge in [-0.1, -0.05) is 22.0 Å². The Morgan fingerprint density at radius 3 is 2.67 bits per heavy atom. The topological polar surface area (TPSA) is 61.7 Å². The zero-order valence-electron chi connectivity index (χ0n) is 12.4. The van der Waals surface area contributed by atoms with Crippen LogP contribution >= 0.6 is 15.9 Å². The molecule has 2 aromatic rings. The average molecular weight is 401 g/mol. The number of amides is 1. The van der Waals surface area contributed by atoms with Gasteiger partial charge in [0.2, 0.25) is 0 Å². The third-order valence-corrected chi connectivity index (χ3v) is 3.57. The maximum atomic E-state index is 12.6. The van der Waals surface area contributed by atoms with Crippen LogP contribution in [0.4, 0.5) is 13.2 Å². The largest absolute Gasteiger partial charge is 0.507 e. The summed E-state index contributed by atoms with van der Waals surface area (Å²) in [5.74, 6) is -0.793. The Kier molecular flexibility index (Phi) is 5.28. The Bertz CT molecular complexity index is 804. The molecule has 1 amide bonds. The number of phenols is 1. The molecule has 8 heteroatoms. The van der Waals surface area contributed by atoms with Gasteiger partial charge in [-0.25, -0.2) is 5.43 Å². The highest BCUT2D eigenvalue weighted by molar-refractivity contribution is 9.10. The summed E-state index contributed by atoms with van der Waals surface area (Å²) in [5.41, 5.74) is 2.00. The highest BCUT2D eigenvalue weighted by Gasteiger charge is 2.30. The number of hydrogen-bond acceptors (Lipinski definition) is 3. The second kappa shape index (κ2) is 7.04. The summed E-state index contributed by atoms with van der Waals surface area (Å²) in [7, 11) is 0. The first-order valence-corrected chi connectivity index (χ1v) is 7.47. The highest BCUT2D eigenvalue weighted by Crippen LogP contribution is 2.29. The van der Waals surface area contributed by atoms with Crippen molar-refractivity contribution in [3.63, 3.8) is 0 Å². The second-order valence-electron chi connectivity index (χ2n) is 4.94. The van der Waals surface area contributed by atoms with E-state index >= 15 is 0 Å². The van der Waals surface area contributed by atoms with Gasteiger partial charge in [-0.15, -0.1) is 0 Å². The SMILES string of the molecule is Cc1cc(Br)cc(C=NNC(=O)c2cccc(C(F)(F)F)c2)c1O. The Labute approximate surface area is 144 Å². The van der Waals surface area contributed by atoms with Crippen LogP contribution in [0.5, 0.6) is 5.75 Å². The first-order chi connectivity index (χ1) is 11.2. The van der Waals surface area contributed by atoms with Crippen LogP contribution < -0.4 is 5.43 Å². The lowest BCUT2D eigenvalue weighted by molar-refractivity contribution is -0.137. The molecule has 0 saturated heterocycles. The van der Waals surface area contributed by atoms with Crippen molar-refractivity contribution in [2.24, 2.45) is 5.10 Å². The molecule has 4 nitrogen and oxygen atoms in total. The van der Waals surface area contributed by atoms with Gasteiger partial charge in [0.1, 0.15) is 5.75 Å². The molecule has 0 saturated carbocycles. The number of hydrazone groups is 1. The quantitative estimate of drug-likeness (QED) is 0.597. The number of aromatic hydroxyl groups is 1. The third-order valence-electron chi connectivity index (χ3n) is 3.12. The van der Waals surface area contributed by atoms with E-state index in [1.54, 1.807) is 19.1 Å². The summed E-state index contributed by atoms with van der Waals surface area (Å²) in [5, 5.41) is 13.5. The smallest absolute Gasteiger partial charge is 0.416 e. The molecule has 0 atom stereocenters. The maximum Gasteiger partial charge on any atom is 0.416 e. The number of nitrogens with one attached hydrogen (secondary N) is 1. The van der Waals surface area contributed by atoms with Gasteiger partial charge in [0, 0.05) is 15.6 Å². The van der Waals surface area contributed by atoms with E-state index in [1.807, 2.05) is 0 Å². The van der Waals surface area contributed by atoms with E-state index in [9.17, 15) is 23.1 Å². The van der Waals surface area contributed by atoms with Gasteiger partial charge >= 0.3 is 6.18 Å². The minimum Gasteiger partial charge on any atom is -0.507 e. The predicted octanol–water partition coefficient (Wildman–Crippen LogP) is 4.25. The van der Waals surface area contributed by atoms with E-state index < -0.39 is 17.6 Å². The van der Waals surface area contributed by atoms with Crippen molar-refractivity contribution < 1.29 is 23.1 Å². The molecule has 0 aliphatic carbocycles. The fourth-order valence-corrected chi connectivity index (χ4v) is 2.51. The number of alkyl halides is 3. The van der Waals surface area contributed by atoms with Gasteiger partial charge in [-0.05, 0) is 42.8 Å². The molecule has 0 aromatic heterocycles. The van der Waals surface area contributed by atoms with Crippen molar-refractivity contribution in [1.29, 1.82) is 0 Å². The van der Waals surface area contributed by atoms with E-state index in [-0.39, 0.29) is 11.3 Å². The van der Waals surface area contributed by atoms with Crippen LogP contribution in [-0.4, -0.2) is 17.2 Å². The number of halogens is 4. The summed E-state index contributed by atoms with van der Waals surface area (Å²) >= 11 is 3.26. The van der Waals surface area contributed by atoms with Crippen LogP contribution in [0.25, 0.3) is 0 Å². The van der Waals surface area contributed by atoms with Crippen molar-refractivity contribution in [3.05, 3.63) is 63.1 Å². The standard InChI is InChI=1S/C16H12BrF3N2O2/c1-9-5-13(17)7-11(14(9)23)8-21-22-15(24)10-3-2-4-12(6-10)16(18,19)20/h2-8,23H,1H3,(H,22,24). The molecule has 24 heavy (non-hydrogen) atoms. The average Bonchev–Trinajstić information content (AvgIpc) is 2.51. The summed E-state index contributed by atoms with van der Waals surface area (Å²) in [6, 6.07) is 7.30. The normalized spacial score (nSPS) is 11.7. The number of rotatable bonds is 3. The summed E-state index contributed by atoms with van der Waals surface area (Å²) < 4.78 is 38.6. The van der Waals surface area contributed by atoms with Crippen molar-refractivity contribution in [2.75, 3.05) is 0 Å². The van der Waals surface area contributed by atoms with E-state index in [0.29, 0.717) is 15.6 Å². The maximum absolute atomic E-state index is 12.6. The summed E-state index contributed by atoms with van der Waals surface area (Å²) in [6.45, 7) is 1.69. The fourth-order valence-electron chi connectivity index (χ4n) is 1.92. The molecule has 0 unspecified atom stereocenters. The fraction of sp³-hybridized carbons (Fsp3) is 0.125. The molecule has 2 rings (SSSR count). The van der Waals surface area contributed by atoms with Crippen LogP contribution in [0, 0.1) is 6.92 Å². The third kappa shape index (κ3) is 4.35. The molecule has 0 heterocycles. The van der Waals surface area contributed by atoms with Gasteiger partial charge in [-0.2, -0.15) is 18.3 Å². The number of carbonyl (C=O) groups is 1. The van der Waals surface area contributed by atoms with E-state index in [2.05, 4.69) is 26.5 Å². The lowest BCUT2D eigenvalue weighted by Crippen LogP contribution is -2.18. The van der Waals surface area contributed by atoms with Crippen LogP contribution in [0.15, 0.2) is 46.0 Å². The van der Waals surface area contributed by atoms with Crippen molar-refractivity contribution in [1.82, 2.24) is 5.43 Å². The van der Waals surface area contributed by atoms with Gasteiger partial charge < -0.3 is 5.11 Å². The number of phenolic OH excluding ortho intramolecular Hbond substituents is 1. The molecular weight excluding hydrogens is 389 g/mol. The molecule has 0 spiro atoms. The molecule has 2 N–H and O–H groups in total. The second-order valence-corrected chi connectivity index (χ2v) is 5.85. The number of nitrogens with zero attached hydrogens (tertiary/aromatic N) is 1. The Morgan fingerprint density at radius 2 is 2.00 bits per heavy atom. The number of benzene rings is 2. The lowest BCUT2D eigenvalue weighted by atomic mass is 10.1. The van der Waals surface area contributed by atoms with Crippen LogP contribution in [0.3, 0.4) is 0 Å². The minimum absolute atomic E-state index is 0.00438. The molecule has 0 aliphatic rings. The number of carbonyl (C=O) groups excluding carboxylic acids is 1. The van der Waals surface area contributed by atoms with Crippen molar-refractivity contribution >= 4 is 28.1 Å². The lowest BCUT2D eigenvalue weighted by Gasteiger charge is -2.08. The van der Waals surface area contributed by atoms with E-state index in [0.717, 1.165) is 18.2 Å². The predicted molar refractivity (Wildman–Crippen MR) is 87.0 cm³/mol. The summed E-state index contributed by atoms with van der Waals surface area (Å²) in [4.78, 5) is 11.9. The Hall–Kier alpha value is -2.35. The van der Waals surface area contributed by atoms with Gasteiger partial charge in [0.25, 0.3) is 5.91 Å². The van der Waals surface area contributed by atoms with Crippen LogP contribution in [0.2, 0.25) is 0 Å². The molecule has 0 aliphatic heterocycles. The van der Waals surface area contributed by atoms with Crippen molar-refractivity contribution in [2.45, 2.75) is 13.1 Å².